The molecule has 23 heavy (non-hydrogen) atoms. The van der Waals surface area contributed by atoms with Gasteiger partial charge in [0.15, 0.2) is 0 Å². The molecule has 1 aliphatic heterocycles. The maximum Gasteiger partial charge on any atom is 0.00117 e. The summed E-state index contributed by atoms with van der Waals surface area (Å²) in [5.74, 6) is 1.34. The Morgan fingerprint density at radius 3 is 1.48 bits per heavy atom. The van der Waals surface area contributed by atoms with Crippen molar-refractivity contribution in [2.45, 2.75) is 122 Å². The van der Waals surface area contributed by atoms with Crippen LogP contribution in [0.1, 0.15) is 122 Å². The normalized spacial score (nSPS) is 14.4. The second kappa shape index (κ2) is 16.9. The first-order valence-electron chi connectivity index (χ1n) is 10.8. The molecule has 0 N–H and O–H groups in total. The molecule has 1 rings (SSSR count). The summed E-state index contributed by atoms with van der Waals surface area (Å²) >= 11 is 2.09. The van der Waals surface area contributed by atoms with Crippen LogP contribution in [0, 0.1) is 0 Å². The highest BCUT2D eigenvalue weighted by molar-refractivity contribution is 8.03. The van der Waals surface area contributed by atoms with E-state index >= 15 is 0 Å². The summed E-state index contributed by atoms with van der Waals surface area (Å²) in [5.41, 5.74) is 0. The van der Waals surface area contributed by atoms with Crippen LogP contribution in [0.2, 0.25) is 0 Å². The summed E-state index contributed by atoms with van der Waals surface area (Å²) in [6, 6.07) is 0. The molecular weight excluding hydrogens is 296 g/mol. The lowest BCUT2D eigenvalue weighted by Gasteiger charge is -2.04. The fraction of sp³-hybridized carbons (Fsp3) is 0.909. The maximum absolute atomic E-state index is 2.45. The van der Waals surface area contributed by atoms with Gasteiger partial charge in [-0.3, -0.25) is 0 Å². The van der Waals surface area contributed by atoms with E-state index in [1.165, 1.54) is 121 Å². The van der Waals surface area contributed by atoms with Gasteiger partial charge in [-0.1, -0.05) is 109 Å². The summed E-state index contributed by atoms with van der Waals surface area (Å²) in [6.07, 6.45) is 28.6. The van der Waals surface area contributed by atoms with Crippen LogP contribution < -0.4 is 0 Å². The Hall–Kier alpha value is 0.0900. The molecule has 0 aromatic rings. The van der Waals surface area contributed by atoms with Crippen LogP contribution >= 0.6 is 11.8 Å². The average Bonchev–Trinajstić information content (AvgIpc) is 3.08. The van der Waals surface area contributed by atoms with Crippen LogP contribution in [-0.4, -0.2) is 5.75 Å². The lowest BCUT2D eigenvalue weighted by molar-refractivity contribution is 0.530. The molecule has 0 unspecified atom stereocenters. The minimum absolute atomic E-state index is 1.32. The molecule has 1 heteroatoms. The van der Waals surface area contributed by atoms with E-state index in [1.807, 2.05) is 0 Å². The molecule has 0 amide bonds. The zero-order chi connectivity index (χ0) is 16.4. The molecule has 0 aliphatic carbocycles. The quantitative estimate of drug-likeness (QED) is 0.239. The van der Waals surface area contributed by atoms with Crippen molar-refractivity contribution in [1.29, 1.82) is 0 Å². The Bertz CT molecular complexity index is 269. The summed E-state index contributed by atoms with van der Waals surface area (Å²) in [5, 5.41) is 0. The molecule has 0 saturated carbocycles. The third-order valence-electron chi connectivity index (χ3n) is 5.05. The van der Waals surface area contributed by atoms with Gasteiger partial charge < -0.3 is 0 Å². The highest BCUT2D eigenvalue weighted by atomic mass is 32.2. The summed E-state index contributed by atoms with van der Waals surface area (Å²) in [7, 11) is 0. The lowest BCUT2D eigenvalue weighted by Crippen LogP contribution is -1.84. The molecule has 0 aromatic carbocycles. The van der Waals surface area contributed by atoms with Gasteiger partial charge in [0.2, 0.25) is 0 Å². The van der Waals surface area contributed by atoms with Crippen molar-refractivity contribution < 1.29 is 0 Å². The zero-order valence-corrected chi connectivity index (χ0v) is 16.7. The molecular formula is C22H42S. The highest BCUT2D eigenvalue weighted by Gasteiger charge is 2.03. The van der Waals surface area contributed by atoms with E-state index in [0.717, 1.165) is 0 Å². The van der Waals surface area contributed by atoms with E-state index in [1.54, 1.807) is 4.91 Å². The second-order valence-corrected chi connectivity index (χ2v) is 8.58. The smallest absolute Gasteiger partial charge is 0.00117 e. The van der Waals surface area contributed by atoms with Gasteiger partial charge in [-0.2, -0.15) is 0 Å². The fourth-order valence-corrected chi connectivity index (χ4v) is 4.51. The number of allylic oxidation sites excluding steroid dienone is 2. The number of rotatable bonds is 17. The summed E-state index contributed by atoms with van der Waals surface area (Å²) < 4.78 is 0. The number of hydrogen-bond donors (Lipinski definition) is 0. The predicted molar refractivity (Wildman–Crippen MR) is 109 cm³/mol. The van der Waals surface area contributed by atoms with Crippen LogP contribution in [0.3, 0.4) is 0 Å². The monoisotopic (exact) mass is 338 g/mol. The van der Waals surface area contributed by atoms with Crippen molar-refractivity contribution in [3.05, 3.63) is 11.0 Å². The SMILES string of the molecule is CCCCCCCCCCCCCCCCCCC1=CCCS1. The van der Waals surface area contributed by atoms with Gasteiger partial charge in [0.25, 0.3) is 0 Å². The molecule has 0 atom stereocenters. The second-order valence-electron chi connectivity index (χ2n) is 7.36. The Morgan fingerprint density at radius 2 is 1.09 bits per heavy atom. The summed E-state index contributed by atoms with van der Waals surface area (Å²) in [4.78, 5) is 1.68. The topological polar surface area (TPSA) is 0 Å². The first-order valence-corrected chi connectivity index (χ1v) is 11.7. The van der Waals surface area contributed by atoms with Gasteiger partial charge in [0.1, 0.15) is 0 Å². The molecule has 1 aliphatic rings. The van der Waals surface area contributed by atoms with Crippen molar-refractivity contribution in [1.82, 2.24) is 0 Å². The van der Waals surface area contributed by atoms with Crippen molar-refractivity contribution in [3.8, 4) is 0 Å². The largest absolute Gasteiger partial charge is 0.131 e. The fourth-order valence-electron chi connectivity index (χ4n) is 3.49. The Balaban J connectivity index is 1.65. The van der Waals surface area contributed by atoms with E-state index < -0.39 is 0 Å². The predicted octanol–water partition coefficient (Wildman–Crippen LogP) is 8.66. The third-order valence-corrected chi connectivity index (χ3v) is 6.24. The molecule has 0 fully saturated rings. The Labute approximate surface area is 151 Å². The molecule has 0 bridgehead atoms. The number of unbranched alkanes of at least 4 members (excludes halogenated alkanes) is 15. The molecule has 0 nitrogen and oxygen atoms in total. The lowest BCUT2D eigenvalue weighted by atomic mass is 10.0. The third kappa shape index (κ3) is 14.2. The number of hydrogen-bond acceptors (Lipinski definition) is 1. The number of thioether (sulfide) groups is 1. The first-order chi connectivity index (χ1) is 11.4. The van der Waals surface area contributed by atoms with Gasteiger partial charge in [-0.05, 0) is 24.2 Å². The maximum atomic E-state index is 2.45. The van der Waals surface area contributed by atoms with Crippen LogP contribution in [0.5, 0.6) is 0 Å². The molecule has 0 spiro atoms. The van der Waals surface area contributed by atoms with Crippen LogP contribution in [0.25, 0.3) is 0 Å². The highest BCUT2D eigenvalue weighted by Crippen LogP contribution is 2.29. The van der Waals surface area contributed by atoms with E-state index in [-0.39, 0.29) is 0 Å². The molecule has 136 valence electrons. The zero-order valence-electron chi connectivity index (χ0n) is 15.9. The van der Waals surface area contributed by atoms with Crippen LogP contribution in [0.4, 0.5) is 0 Å². The van der Waals surface area contributed by atoms with Crippen molar-refractivity contribution >= 4 is 11.8 Å². The van der Waals surface area contributed by atoms with E-state index in [2.05, 4.69) is 24.8 Å². The Kier molecular flexibility index (Phi) is 15.6. The van der Waals surface area contributed by atoms with Crippen molar-refractivity contribution in [2.24, 2.45) is 0 Å². The minimum Gasteiger partial charge on any atom is -0.131 e. The van der Waals surface area contributed by atoms with Crippen molar-refractivity contribution in [2.75, 3.05) is 5.75 Å². The minimum atomic E-state index is 1.32. The standard InChI is InChI=1S/C22H42S/c1-2-3-4-5-6-7-8-9-10-11-12-13-14-15-16-17-19-22-20-18-21-23-22/h20H,2-19,21H2,1H3. The molecule has 0 aromatic heterocycles. The van der Waals surface area contributed by atoms with Gasteiger partial charge in [-0.25, -0.2) is 0 Å². The molecule has 0 saturated heterocycles. The van der Waals surface area contributed by atoms with E-state index in [4.69, 9.17) is 0 Å². The van der Waals surface area contributed by atoms with Gasteiger partial charge in [0.05, 0.1) is 0 Å². The first kappa shape index (κ1) is 21.1. The molecule has 0 radical (unpaired) electrons. The average molecular weight is 339 g/mol. The van der Waals surface area contributed by atoms with Gasteiger partial charge >= 0.3 is 0 Å². The summed E-state index contributed by atoms with van der Waals surface area (Å²) in [6.45, 7) is 2.30. The van der Waals surface area contributed by atoms with Gasteiger partial charge in [-0.15, -0.1) is 11.8 Å². The van der Waals surface area contributed by atoms with Crippen molar-refractivity contribution in [3.63, 3.8) is 0 Å². The Morgan fingerprint density at radius 1 is 0.652 bits per heavy atom. The van der Waals surface area contributed by atoms with Crippen LogP contribution in [-0.2, 0) is 0 Å². The van der Waals surface area contributed by atoms with E-state index in [0.29, 0.717) is 0 Å². The molecule has 1 heterocycles. The van der Waals surface area contributed by atoms with Crippen LogP contribution in [0.15, 0.2) is 11.0 Å². The van der Waals surface area contributed by atoms with E-state index in [9.17, 15) is 0 Å². The van der Waals surface area contributed by atoms with Gasteiger partial charge in [0, 0.05) is 5.75 Å².